The molecule has 1 heterocycles. The second-order valence-corrected chi connectivity index (χ2v) is 6.22. The fourth-order valence-corrected chi connectivity index (χ4v) is 2.37. The molecule has 0 bridgehead atoms. The third kappa shape index (κ3) is 4.74. The van der Waals surface area contributed by atoms with Crippen molar-refractivity contribution in [1.29, 1.82) is 0 Å². The summed E-state index contributed by atoms with van der Waals surface area (Å²) in [6, 6.07) is 5.79. The minimum atomic E-state index is -0.684. The Labute approximate surface area is 157 Å². The molecular formula is C16H15Cl2N3O5. The zero-order valence-electron chi connectivity index (χ0n) is 13.9. The standard InChI is InChI=1S/C16H15Cl2N3O5/c1-20-12(7-14(23)21(2)16(20)25)19-13(22)8-26-15(24)6-9-3-4-10(17)11(18)5-9/h3-5,7H,6,8H2,1-2H3,(H,19,22). The number of amides is 1. The molecule has 0 aliphatic carbocycles. The van der Waals surface area contributed by atoms with Crippen LogP contribution in [0.15, 0.2) is 33.9 Å². The lowest BCUT2D eigenvalue weighted by Crippen LogP contribution is -2.38. The number of benzene rings is 1. The molecule has 0 atom stereocenters. The minimum absolute atomic E-state index is 0.00336. The van der Waals surface area contributed by atoms with Gasteiger partial charge < -0.3 is 10.1 Å². The number of rotatable bonds is 5. The number of anilines is 1. The average Bonchev–Trinajstić information content (AvgIpc) is 2.59. The third-order valence-electron chi connectivity index (χ3n) is 3.49. The molecule has 0 saturated carbocycles. The van der Waals surface area contributed by atoms with Crippen molar-refractivity contribution < 1.29 is 14.3 Å². The highest BCUT2D eigenvalue weighted by Gasteiger charge is 2.12. The van der Waals surface area contributed by atoms with Crippen LogP contribution in [0.2, 0.25) is 10.0 Å². The van der Waals surface area contributed by atoms with E-state index in [0.29, 0.717) is 15.6 Å². The first-order valence-electron chi connectivity index (χ1n) is 7.35. The number of aromatic nitrogens is 2. The summed E-state index contributed by atoms with van der Waals surface area (Å²) >= 11 is 11.7. The molecule has 1 N–H and O–H groups in total. The minimum Gasteiger partial charge on any atom is -0.455 e. The maximum Gasteiger partial charge on any atom is 0.332 e. The van der Waals surface area contributed by atoms with Crippen LogP contribution in [0.3, 0.4) is 0 Å². The van der Waals surface area contributed by atoms with Gasteiger partial charge in [-0.05, 0) is 17.7 Å². The van der Waals surface area contributed by atoms with Crippen LogP contribution in [-0.4, -0.2) is 27.6 Å². The van der Waals surface area contributed by atoms with Crippen LogP contribution in [0.4, 0.5) is 5.82 Å². The van der Waals surface area contributed by atoms with Gasteiger partial charge in [-0.2, -0.15) is 0 Å². The van der Waals surface area contributed by atoms with E-state index >= 15 is 0 Å². The van der Waals surface area contributed by atoms with Gasteiger partial charge in [0.25, 0.3) is 11.5 Å². The lowest BCUT2D eigenvalue weighted by Gasteiger charge is -2.11. The van der Waals surface area contributed by atoms with Crippen molar-refractivity contribution in [2.24, 2.45) is 14.1 Å². The van der Waals surface area contributed by atoms with E-state index in [4.69, 9.17) is 27.9 Å². The van der Waals surface area contributed by atoms with Gasteiger partial charge in [-0.15, -0.1) is 0 Å². The Morgan fingerprint density at radius 2 is 1.77 bits per heavy atom. The highest BCUT2D eigenvalue weighted by Crippen LogP contribution is 2.22. The van der Waals surface area contributed by atoms with E-state index in [1.54, 1.807) is 12.1 Å². The zero-order chi connectivity index (χ0) is 19.4. The number of ether oxygens (including phenoxy) is 1. The van der Waals surface area contributed by atoms with Crippen LogP contribution >= 0.6 is 23.2 Å². The van der Waals surface area contributed by atoms with Crippen molar-refractivity contribution in [3.05, 3.63) is 60.7 Å². The molecule has 0 fully saturated rings. The van der Waals surface area contributed by atoms with Gasteiger partial charge in [-0.3, -0.25) is 23.5 Å². The largest absolute Gasteiger partial charge is 0.455 e. The molecule has 0 aliphatic rings. The normalized spacial score (nSPS) is 10.5. The van der Waals surface area contributed by atoms with Crippen LogP contribution in [0, 0.1) is 0 Å². The Bertz CT molecular complexity index is 981. The molecule has 0 unspecified atom stereocenters. The van der Waals surface area contributed by atoms with Crippen molar-refractivity contribution in [2.75, 3.05) is 11.9 Å². The molecule has 2 aromatic rings. The summed E-state index contributed by atoms with van der Waals surface area (Å²) in [5.41, 5.74) is -0.580. The summed E-state index contributed by atoms with van der Waals surface area (Å²) < 4.78 is 6.87. The number of hydrogen-bond acceptors (Lipinski definition) is 5. The van der Waals surface area contributed by atoms with Gasteiger partial charge in [-0.1, -0.05) is 29.3 Å². The summed E-state index contributed by atoms with van der Waals surface area (Å²) in [7, 11) is 2.72. The first-order valence-corrected chi connectivity index (χ1v) is 8.11. The fraction of sp³-hybridized carbons (Fsp3) is 0.250. The van der Waals surface area contributed by atoms with Crippen LogP contribution in [-0.2, 0) is 34.8 Å². The smallest absolute Gasteiger partial charge is 0.332 e. The molecule has 0 saturated heterocycles. The molecule has 1 aromatic carbocycles. The highest BCUT2D eigenvalue weighted by molar-refractivity contribution is 6.42. The molecule has 26 heavy (non-hydrogen) atoms. The number of carbonyl (C=O) groups is 2. The van der Waals surface area contributed by atoms with Crippen LogP contribution in [0.1, 0.15) is 5.56 Å². The SMILES string of the molecule is Cn1c(NC(=O)COC(=O)Cc2ccc(Cl)c(Cl)c2)cc(=O)n(C)c1=O. The van der Waals surface area contributed by atoms with E-state index in [1.165, 1.54) is 20.2 Å². The summed E-state index contributed by atoms with van der Waals surface area (Å²) in [6.45, 7) is -0.566. The lowest BCUT2D eigenvalue weighted by atomic mass is 10.1. The summed E-state index contributed by atoms with van der Waals surface area (Å²) in [5, 5.41) is 3.02. The Morgan fingerprint density at radius 1 is 1.08 bits per heavy atom. The Hall–Kier alpha value is -2.58. The van der Waals surface area contributed by atoms with Gasteiger partial charge in [0, 0.05) is 20.2 Å². The predicted molar refractivity (Wildman–Crippen MR) is 96.7 cm³/mol. The number of esters is 1. The molecule has 0 aliphatic heterocycles. The van der Waals surface area contributed by atoms with Crippen molar-refractivity contribution in [1.82, 2.24) is 9.13 Å². The molecule has 0 radical (unpaired) electrons. The monoisotopic (exact) mass is 399 g/mol. The quantitative estimate of drug-likeness (QED) is 0.759. The zero-order valence-corrected chi connectivity index (χ0v) is 15.4. The third-order valence-corrected chi connectivity index (χ3v) is 4.23. The molecule has 2 rings (SSSR count). The fourth-order valence-electron chi connectivity index (χ4n) is 2.05. The molecular weight excluding hydrogens is 385 g/mol. The molecule has 10 heteroatoms. The summed E-state index contributed by atoms with van der Waals surface area (Å²) in [5.74, 6) is -1.32. The van der Waals surface area contributed by atoms with Crippen molar-refractivity contribution in [2.45, 2.75) is 6.42 Å². The van der Waals surface area contributed by atoms with Gasteiger partial charge in [-0.25, -0.2) is 4.79 Å². The summed E-state index contributed by atoms with van der Waals surface area (Å²) in [4.78, 5) is 47.1. The van der Waals surface area contributed by atoms with Crippen molar-refractivity contribution in [3.8, 4) is 0 Å². The van der Waals surface area contributed by atoms with Crippen LogP contribution in [0.25, 0.3) is 0 Å². The molecule has 8 nitrogen and oxygen atoms in total. The van der Waals surface area contributed by atoms with Crippen molar-refractivity contribution in [3.63, 3.8) is 0 Å². The first-order chi connectivity index (χ1) is 12.2. The molecule has 138 valence electrons. The highest BCUT2D eigenvalue weighted by atomic mass is 35.5. The van der Waals surface area contributed by atoms with Gasteiger partial charge in [0.2, 0.25) is 0 Å². The number of nitrogens with one attached hydrogen (secondary N) is 1. The van der Waals surface area contributed by atoms with Gasteiger partial charge in [0.15, 0.2) is 6.61 Å². The van der Waals surface area contributed by atoms with Gasteiger partial charge >= 0.3 is 11.7 Å². The lowest BCUT2D eigenvalue weighted by molar-refractivity contribution is -0.146. The molecule has 0 spiro atoms. The number of nitrogens with zero attached hydrogens (tertiary/aromatic N) is 2. The van der Waals surface area contributed by atoms with E-state index in [-0.39, 0.29) is 12.2 Å². The first kappa shape index (κ1) is 19.7. The second-order valence-electron chi connectivity index (χ2n) is 5.40. The second kappa shape index (κ2) is 8.20. The van der Waals surface area contributed by atoms with E-state index in [9.17, 15) is 19.2 Å². The van der Waals surface area contributed by atoms with Gasteiger partial charge in [0.1, 0.15) is 5.82 Å². The maximum atomic E-state index is 11.9. The molecule has 1 amide bonds. The van der Waals surface area contributed by atoms with E-state index in [2.05, 4.69) is 5.32 Å². The average molecular weight is 400 g/mol. The number of halogens is 2. The van der Waals surface area contributed by atoms with E-state index in [0.717, 1.165) is 15.2 Å². The Kier molecular flexibility index (Phi) is 6.23. The number of hydrogen-bond donors (Lipinski definition) is 1. The van der Waals surface area contributed by atoms with E-state index in [1.807, 2.05) is 0 Å². The van der Waals surface area contributed by atoms with Crippen LogP contribution < -0.4 is 16.6 Å². The Morgan fingerprint density at radius 3 is 2.42 bits per heavy atom. The Balaban J connectivity index is 1.94. The predicted octanol–water partition coefficient (Wildman–Crippen LogP) is 1.12. The van der Waals surface area contributed by atoms with Crippen molar-refractivity contribution >= 4 is 40.9 Å². The van der Waals surface area contributed by atoms with Crippen LogP contribution in [0.5, 0.6) is 0 Å². The maximum absolute atomic E-state index is 11.9. The van der Waals surface area contributed by atoms with Gasteiger partial charge in [0.05, 0.1) is 16.5 Å². The topological polar surface area (TPSA) is 99.4 Å². The number of carbonyl (C=O) groups excluding carboxylic acids is 2. The van der Waals surface area contributed by atoms with E-state index < -0.39 is 29.7 Å². The summed E-state index contributed by atoms with van der Waals surface area (Å²) in [6.07, 6.45) is -0.0888. The molecule has 1 aromatic heterocycles.